The molecule has 5 aromatic rings. The van der Waals surface area contributed by atoms with Crippen LogP contribution in [0.25, 0.3) is 39.0 Å². The van der Waals surface area contributed by atoms with E-state index in [1.54, 1.807) is 14.2 Å². The van der Waals surface area contributed by atoms with Crippen LogP contribution in [0.5, 0.6) is 11.5 Å². The first-order valence-corrected chi connectivity index (χ1v) is 12.6. The van der Waals surface area contributed by atoms with Crippen LogP contribution < -0.4 is 14.4 Å². The number of benzene rings is 2. The Kier molecular flexibility index (Phi) is 5.88. The van der Waals surface area contributed by atoms with Crippen molar-refractivity contribution in [2.24, 2.45) is 0 Å². The van der Waals surface area contributed by atoms with Gasteiger partial charge >= 0.3 is 0 Å². The molecule has 37 heavy (non-hydrogen) atoms. The van der Waals surface area contributed by atoms with Gasteiger partial charge in [-0.15, -0.1) is 0 Å². The van der Waals surface area contributed by atoms with Gasteiger partial charge in [0.15, 0.2) is 0 Å². The maximum atomic E-state index is 5.87. The van der Waals surface area contributed by atoms with Gasteiger partial charge in [-0.25, -0.2) is 4.98 Å². The molecule has 0 unspecified atom stereocenters. The molecular weight excluding hydrogens is 464 g/mol. The molecule has 1 aliphatic heterocycles. The van der Waals surface area contributed by atoms with E-state index in [1.165, 1.54) is 5.69 Å². The molecule has 2 N–H and O–H groups in total. The van der Waals surface area contributed by atoms with Crippen LogP contribution >= 0.6 is 0 Å². The van der Waals surface area contributed by atoms with Crippen LogP contribution in [0.1, 0.15) is 5.69 Å². The standard InChI is InChI=1S/C29H32N6O2/c1-19-16-32-35(19)23-7-5-20(6-8-23)25-18-31-29-24(25)13-22(17-30-29)21-14-26(36-3)28(27(15-21)37-4)34-11-9-33(2)10-12-34/h5-8,13-18,32H,9-12H2,1-4H3,(H,30,31). The summed E-state index contributed by atoms with van der Waals surface area (Å²) in [6.07, 6.45) is 5.92. The molecule has 4 heterocycles. The number of rotatable bonds is 6. The van der Waals surface area contributed by atoms with Gasteiger partial charge < -0.3 is 24.3 Å². The van der Waals surface area contributed by atoms with Gasteiger partial charge in [-0.2, -0.15) is 0 Å². The first kappa shape index (κ1) is 23.2. The molecule has 1 fully saturated rings. The Morgan fingerprint density at radius 1 is 0.838 bits per heavy atom. The highest BCUT2D eigenvalue weighted by Crippen LogP contribution is 2.43. The number of pyridine rings is 1. The second-order valence-electron chi connectivity index (χ2n) is 9.64. The normalized spacial score (nSPS) is 14.4. The highest BCUT2D eigenvalue weighted by molar-refractivity contribution is 5.96. The fourth-order valence-corrected chi connectivity index (χ4v) is 5.13. The average molecular weight is 497 g/mol. The minimum absolute atomic E-state index is 0.813. The van der Waals surface area contributed by atoms with Gasteiger partial charge in [-0.3, -0.25) is 9.78 Å². The van der Waals surface area contributed by atoms with Crippen molar-refractivity contribution in [2.45, 2.75) is 6.92 Å². The maximum absolute atomic E-state index is 5.87. The van der Waals surface area contributed by atoms with Crippen LogP contribution in [0, 0.1) is 6.92 Å². The number of hydrogen-bond acceptors (Lipinski definition) is 5. The van der Waals surface area contributed by atoms with Crippen LogP contribution in [-0.2, 0) is 0 Å². The number of fused-ring (bicyclic) bond motifs is 1. The number of aryl methyl sites for hydroxylation is 1. The Hall–Kier alpha value is -4.17. The summed E-state index contributed by atoms with van der Waals surface area (Å²) in [4.78, 5) is 12.8. The number of methoxy groups -OCH3 is 2. The molecule has 0 bridgehead atoms. The lowest BCUT2D eigenvalue weighted by atomic mass is 10.0. The molecule has 0 atom stereocenters. The third-order valence-electron chi connectivity index (χ3n) is 7.36. The minimum atomic E-state index is 0.813. The summed E-state index contributed by atoms with van der Waals surface area (Å²) in [7, 11) is 5.60. The number of aromatic nitrogens is 4. The summed E-state index contributed by atoms with van der Waals surface area (Å²) in [6.45, 7) is 5.98. The third-order valence-corrected chi connectivity index (χ3v) is 7.36. The molecule has 1 saturated heterocycles. The molecule has 0 spiro atoms. The number of H-pyrrole nitrogens is 2. The molecule has 2 aromatic carbocycles. The summed E-state index contributed by atoms with van der Waals surface area (Å²) >= 11 is 0. The number of hydrogen-bond donors (Lipinski definition) is 2. The van der Waals surface area contributed by atoms with Crippen molar-refractivity contribution in [3.63, 3.8) is 0 Å². The Bertz CT molecular complexity index is 1510. The zero-order valence-corrected chi connectivity index (χ0v) is 21.7. The molecule has 0 radical (unpaired) electrons. The first-order valence-electron chi connectivity index (χ1n) is 12.6. The first-order chi connectivity index (χ1) is 18.1. The van der Waals surface area contributed by atoms with Gasteiger partial charge in [0.25, 0.3) is 0 Å². The van der Waals surface area contributed by atoms with Crippen molar-refractivity contribution in [3.8, 4) is 39.4 Å². The monoisotopic (exact) mass is 496 g/mol. The molecule has 0 saturated carbocycles. The van der Waals surface area contributed by atoms with E-state index in [4.69, 9.17) is 14.5 Å². The summed E-state index contributed by atoms with van der Waals surface area (Å²) < 4.78 is 13.8. The summed E-state index contributed by atoms with van der Waals surface area (Å²) in [5.74, 6) is 1.63. The number of aromatic amines is 2. The number of anilines is 1. The third kappa shape index (κ3) is 4.13. The second kappa shape index (κ2) is 9.37. The van der Waals surface area contributed by atoms with Gasteiger partial charge in [0.1, 0.15) is 22.8 Å². The lowest BCUT2D eigenvalue weighted by Gasteiger charge is -2.35. The lowest BCUT2D eigenvalue weighted by molar-refractivity contribution is 0.308. The predicted molar refractivity (Wildman–Crippen MR) is 148 cm³/mol. The van der Waals surface area contributed by atoms with Gasteiger partial charge in [-0.1, -0.05) is 12.1 Å². The van der Waals surface area contributed by atoms with Gasteiger partial charge in [0, 0.05) is 61.3 Å². The molecule has 8 nitrogen and oxygen atoms in total. The maximum Gasteiger partial charge on any atom is 0.146 e. The van der Waals surface area contributed by atoms with E-state index in [2.05, 4.69) is 81.0 Å². The molecule has 0 aliphatic carbocycles. The molecule has 0 amide bonds. The van der Waals surface area contributed by atoms with Crippen molar-refractivity contribution in [1.29, 1.82) is 0 Å². The summed E-state index contributed by atoms with van der Waals surface area (Å²) in [6, 6.07) is 14.9. The van der Waals surface area contributed by atoms with E-state index >= 15 is 0 Å². The number of nitrogens with one attached hydrogen (secondary N) is 2. The minimum Gasteiger partial charge on any atom is -0.494 e. The van der Waals surface area contributed by atoms with Crippen molar-refractivity contribution in [2.75, 3.05) is 52.3 Å². The highest BCUT2D eigenvalue weighted by Gasteiger charge is 2.23. The smallest absolute Gasteiger partial charge is 0.146 e. The molecule has 6 rings (SSSR count). The molecule has 190 valence electrons. The van der Waals surface area contributed by atoms with Gasteiger partial charge in [0.05, 0.1) is 25.6 Å². The largest absolute Gasteiger partial charge is 0.494 e. The van der Waals surface area contributed by atoms with Crippen LogP contribution in [-0.4, -0.2) is 72.1 Å². The van der Waals surface area contributed by atoms with E-state index < -0.39 is 0 Å². The average Bonchev–Trinajstić information content (AvgIpc) is 3.35. The lowest BCUT2D eigenvalue weighted by Crippen LogP contribution is -2.44. The Balaban J connectivity index is 1.38. The van der Waals surface area contributed by atoms with Crippen LogP contribution in [0.2, 0.25) is 0 Å². The number of piperazine rings is 1. The van der Waals surface area contributed by atoms with E-state index in [-0.39, 0.29) is 0 Å². The zero-order chi connectivity index (χ0) is 25.5. The highest BCUT2D eigenvalue weighted by atomic mass is 16.5. The van der Waals surface area contributed by atoms with Crippen molar-refractivity contribution in [1.82, 2.24) is 24.6 Å². The fourth-order valence-electron chi connectivity index (χ4n) is 5.13. The SMILES string of the molecule is COc1cc(-c2cnc3[nH]cc(-c4ccc(-n5[nH]cc5C)cc4)c3c2)cc(OC)c1N1CCN(C)CC1. The van der Waals surface area contributed by atoms with Crippen molar-refractivity contribution < 1.29 is 9.47 Å². The van der Waals surface area contributed by atoms with Crippen LogP contribution in [0.15, 0.2) is 61.1 Å². The zero-order valence-electron chi connectivity index (χ0n) is 21.7. The number of nitrogens with zero attached hydrogens (tertiary/aromatic N) is 4. The molecular formula is C29H32N6O2. The van der Waals surface area contributed by atoms with E-state index in [1.807, 2.05) is 18.6 Å². The molecule has 8 heteroatoms. The Morgan fingerprint density at radius 3 is 2.14 bits per heavy atom. The van der Waals surface area contributed by atoms with Crippen molar-refractivity contribution >= 4 is 16.7 Å². The fraction of sp³-hybridized carbons (Fsp3) is 0.276. The van der Waals surface area contributed by atoms with E-state index in [9.17, 15) is 0 Å². The van der Waals surface area contributed by atoms with Gasteiger partial charge in [0.2, 0.25) is 0 Å². The summed E-state index contributed by atoms with van der Waals surface area (Å²) in [5, 5.41) is 4.27. The van der Waals surface area contributed by atoms with Crippen LogP contribution in [0.4, 0.5) is 5.69 Å². The second-order valence-corrected chi connectivity index (χ2v) is 9.64. The predicted octanol–water partition coefficient (Wildman–Crippen LogP) is 5.09. The topological polar surface area (TPSA) is 74.3 Å². The van der Waals surface area contributed by atoms with Gasteiger partial charge in [-0.05, 0) is 55.4 Å². The molecule has 1 aliphatic rings. The Labute approximate surface area is 216 Å². The molecule has 3 aromatic heterocycles. The van der Waals surface area contributed by atoms with E-state index in [0.29, 0.717) is 0 Å². The summed E-state index contributed by atoms with van der Waals surface area (Å²) in [5.41, 5.74) is 8.45. The Morgan fingerprint density at radius 2 is 1.54 bits per heavy atom. The number of likely N-dealkylation sites (N-methyl/N-ethyl adjacent to an activating group) is 1. The van der Waals surface area contributed by atoms with Crippen LogP contribution in [0.3, 0.4) is 0 Å². The quantitative estimate of drug-likeness (QED) is 0.342. The van der Waals surface area contributed by atoms with E-state index in [0.717, 1.165) is 82.3 Å². The van der Waals surface area contributed by atoms with Crippen molar-refractivity contribution in [3.05, 3.63) is 66.7 Å². The number of ether oxygens (including phenoxy) is 2.